The maximum atomic E-state index is 12.6. The second-order valence-corrected chi connectivity index (χ2v) is 6.63. The molecule has 2 aliphatic rings. The summed E-state index contributed by atoms with van der Waals surface area (Å²) in [6.07, 6.45) is 2.87. The molecule has 0 spiro atoms. The lowest BCUT2D eigenvalue weighted by Crippen LogP contribution is -2.50. The smallest absolute Gasteiger partial charge is 0.274 e. The number of β-amino-alcohol motifs (C(OH)–C–C–N with tert-alkyl or cyclic N) is 1. The van der Waals surface area contributed by atoms with Gasteiger partial charge < -0.3 is 14.9 Å². The molecular formula is C17H27N5O2. The van der Waals surface area contributed by atoms with Crippen LogP contribution in [0.1, 0.15) is 36.7 Å². The van der Waals surface area contributed by atoms with E-state index in [1.54, 1.807) is 6.07 Å². The highest BCUT2D eigenvalue weighted by Crippen LogP contribution is 2.17. The largest absolute Gasteiger partial charge is 0.392 e. The van der Waals surface area contributed by atoms with Gasteiger partial charge in [0.05, 0.1) is 6.10 Å². The van der Waals surface area contributed by atoms with Gasteiger partial charge in [-0.2, -0.15) is 0 Å². The molecule has 1 aromatic heterocycles. The predicted octanol–water partition coefficient (Wildman–Crippen LogP) is 0.605. The molecule has 132 valence electrons. The zero-order valence-electron chi connectivity index (χ0n) is 14.4. The highest BCUT2D eigenvalue weighted by atomic mass is 16.3. The Labute approximate surface area is 143 Å². The van der Waals surface area contributed by atoms with Crippen LogP contribution in [-0.2, 0) is 0 Å². The number of aliphatic hydroxyl groups is 1. The van der Waals surface area contributed by atoms with Crippen molar-refractivity contribution in [2.75, 3.05) is 50.7 Å². The van der Waals surface area contributed by atoms with Gasteiger partial charge >= 0.3 is 0 Å². The van der Waals surface area contributed by atoms with Gasteiger partial charge in [0.25, 0.3) is 5.91 Å². The Kier molecular flexibility index (Phi) is 5.63. The summed E-state index contributed by atoms with van der Waals surface area (Å²) in [7, 11) is 0. The van der Waals surface area contributed by atoms with Crippen molar-refractivity contribution in [3.05, 3.63) is 17.8 Å². The van der Waals surface area contributed by atoms with Crippen molar-refractivity contribution in [2.24, 2.45) is 0 Å². The lowest BCUT2D eigenvalue weighted by Gasteiger charge is -2.35. The fourth-order valence-corrected chi connectivity index (χ4v) is 3.28. The molecule has 1 N–H and O–H groups in total. The van der Waals surface area contributed by atoms with Crippen molar-refractivity contribution in [1.82, 2.24) is 20.0 Å². The van der Waals surface area contributed by atoms with Gasteiger partial charge in [-0.05, 0) is 31.4 Å². The Hall–Kier alpha value is -1.73. The van der Waals surface area contributed by atoms with Crippen LogP contribution in [0, 0.1) is 0 Å². The molecule has 0 radical (unpaired) electrons. The van der Waals surface area contributed by atoms with Gasteiger partial charge in [-0.15, -0.1) is 10.2 Å². The highest BCUT2D eigenvalue weighted by molar-refractivity contribution is 5.92. The molecule has 3 rings (SSSR count). The first-order chi connectivity index (χ1) is 11.7. The van der Waals surface area contributed by atoms with Crippen LogP contribution >= 0.6 is 0 Å². The molecule has 3 heterocycles. The van der Waals surface area contributed by atoms with Crippen LogP contribution in [0.25, 0.3) is 0 Å². The molecule has 0 aromatic carbocycles. The lowest BCUT2D eigenvalue weighted by molar-refractivity contribution is 0.0518. The second-order valence-electron chi connectivity index (χ2n) is 6.63. The number of piperazine rings is 1. The number of aliphatic hydroxyl groups excluding tert-OH is 1. The molecule has 24 heavy (non-hydrogen) atoms. The summed E-state index contributed by atoms with van der Waals surface area (Å²) in [6, 6.07) is 3.69. The second kappa shape index (κ2) is 7.90. The number of aromatic nitrogens is 2. The molecular weight excluding hydrogens is 306 g/mol. The van der Waals surface area contributed by atoms with Gasteiger partial charge in [0.1, 0.15) is 0 Å². The van der Waals surface area contributed by atoms with Crippen molar-refractivity contribution >= 4 is 11.7 Å². The van der Waals surface area contributed by atoms with Crippen molar-refractivity contribution in [3.63, 3.8) is 0 Å². The molecule has 1 aromatic rings. The number of amides is 1. The predicted molar refractivity (Wildman–Crippen MR) is 92.1 cm³/mol. The van der Waals surface area contributed by atoms with Crippen molar-refractivity contribution in [3.8, 4) is 0 Å². The Balaban J connectivity index is 1.53. The van der Waals surface area contributed by atoms with E-state index in [1.807, 2.05) is 17.9 Å². The summed E-state index contributed by atoms with van der Waals surface area (Å²) in [5, 5.41) is 18.1. The third-order valence-electron chi connectivity index (χ3n) is 4.90. The first kappa shape index (κ1) is 17.1. The minimum Gasteiger partial charge on any atom is -0.392 e. The van der Waals surface area contributed by atoms with E-state index in [-0.39, 0.29) is 12.0 Å². The van der Waals surface area contributed by atoms with Crippen LogP contribution in [0.15, 0.2) is 12.1 Å². The minimum absolute atomic E-state index is 0.0499. The lowest BCUT2D eigenvalue weighted by atomic mass is 10.2. The van der Waals surface area contributed by atoms with Crippen LogP contribution < -0.4 is 4.90 Å². The minimum atomic E-state index is -0.281. The fourth-order valence-electron chi connectivity index (χ4n) is 3.28. The van der Waals surface area contributed by atoms with E-state index in [9.17, 15) is 9.90 Å². The third kappa shape index (κ3) is 4.02. The van der Waals surface area contributed by atoms with Crippen LogP contribution in [0.3, 0.4) is 0 Å². The Morgan fingerprint density at radius 3 is 2.42 bits per heavy atom. The van der Waals surface area contributed by atoms with Gasteiger partial charge in [-0.25, -0.2) is 0 Å². The topological polar surface area (TPSA) is 72.8 Å². The van der Waals surface area contributed by atoms with E-state index < -0.39 is 0 Å². The molecule has 1 amide bonds. The summed E-state index contributed by atoms with van der Waals surface area (Å²) in [4.78, 5) is 18.8. The number of anilines is 1. The first-order valence-corrected chi connectivity index (χ1v) is 8.95. The zero-order chi connectivity index (χ0) is 16.9. The molecule has 0 aliphatic carbocycles. The summed E-state index contributed by atoms with van der Waals surface area (Å²) in [5.74, 6) is 0.814. The number of hydrogen-bond donors (Lipinski definition) is 1. The average Bonchev–Trinajstić information content (AvgIpc) is 3.16. The highest BCUT2D eigenvalue weighted by Gasteiger charge is 2.24. The van der Waals surface area contributed by atoms with Crippen LogP contribution in [0.4, 0.5) is 5.82 Å². The molecule has 2 fully saturated rings. The number of carbonyl (C=O) groups is 1. The Morgan fingerprint density at radius 2 is 1.83 bits per heavy atom. The number of nitrogens with zero attached hydrogens (tertiary/aromatic N) is 5. The van der Waals surface area contributed by atoms with E-state index in [0.29, 0.717) is 25.3 Å². The third-order valence-corrected chi connectivity index (χ3v) is 4.90. The summed E-state index contributed by atoms with van der Waals surface area (Å²) < 4.78 is 0. The van der Waals surface area contributed by atoms with Crippen molar-refractivity contribution in [2.45, 2.75) is 32.3 Å². The van der Waals surface area contributed by atoms with Gasteiger partial charge in [0, 0.05) is 45.8 Å². The van der Waals surface area contributed by atoms with E-state index in [1.165, 1.54) is 12.8 Å². The summed E-state index contributed by atoms with van der Waals surface area (Å²) in [5.41, 5.74) is 0.417. The van der Waals surface area contributed by atoms with Crippen molar-refractivity contribution < 1.29 is 9.90 Å². The fraction of sp³-hybridized carbons (Fsp3) is 0.706. The monoisotopic (exact) mass is 333 g/mol. The van der Waals surface area contributed by atoms with Crippen LogP contribution in [0.5, 0.6) is 0 Å². The summed E-state index contributed by atoms with van der Waals surface area (Å²) in [6.45, 7) is 7.64. The van der Waals surface area contributed by atoms with Gasteiger partial charge in [0.2, 0.25) is 0 Å². The number of hydrogen-bond acceptors (Lipinski definition) is 6. The van der Waals surface area contributed by atoms with Crippen LogP contribution in [-0.4, -0.2) is 82.9 Å². The van der Waals surface area contributed by atoms with Crippen LogP contribution in [0.2, 0.25) is 0 Å². The molecule has 0 saturated carbocycles. The van der Waals surface area contributed by atoms with Gasteiger partial charge in [-0.3, -0.25) is 9.69 Å². The van der Waals surface area contributed by atoms with E-state index in [4.69, 9.17) is 0 Å². The molecule has 7 nitrogen and oxygen atoms in total. The normalized spacial score (nSPS) is 20.4. The first-order valence-electron chi connectivity index (χ1n) is 8.95. The molecule has 0 bridgehead atoms. The molecule has 2 aliphatic heterocycles. The van der Waals surface area contributed by atoms with Gasteiger partial charge in [0.15, 0.2) is 11.5 Å². The van der Waals surface area contributed by atoms with E-state index in [0.717, 1.165) is 38.4 Å². The molecule has 7 heteroatoms. The standard InChI is InChI=1S/C17H27N5O2/c1-2-14(23)13-20-9-11-22(12-10-20)17(24)15-5-6-16(19-18-15)21-7-3-4-8-21/h5-6,14,23H,2-4,7-13H2,1H3/t14-/m0/s1. The Morgan fingerprint density at radius 1 is 1.12 bits per heavy atom. The quantitative estimate of drug-likeness (QED) is 0.851. The Bertz CT molecular complexity index is 536. The van der Waals surface area contributed by atoms with E-state index >= 15 is 0 Å². The summed E-state index contributed by atoms with van der Waals surface area (Å²) >= 11 is 0. The van der Waals surface area contributed by atoms with Gasteiger partial charge in [-0.1, -0.05) is 6.92 Å². The number of rotatable bonds is 5. The molecule has 1 atom stereocenters. The average molecular weight is 333 g/mol. The van der Waals surface area contributed by atoms with Crippen molar-refractivity contribution in [1.29, 1.82) is 0 Å². The maximum absolute atomic E-state index is 12.6. The number of carbonyl (C=O) groups excluding carboxylic acids is 1. The maximum Gasteiger partial charge on any atom is 0.274 e. The zero-order valence-corrected chi connectivity index (χ0v) is 14.4. The SMILES string of the molecule is CC[C@H](O)CN1CCN(C(=O)c2ccc(N3CCCC3)nn2)CC1. The molecule has 2 saturated heterocycles. The van der Waals surface area contributed by atoms with E-state index in [2.05, 4.69) is 20.0 Å². The molecule has 0 unspecified atom stereocenters.